The number of carbonyl (C=O) groups is 2. The van der Waals surface area contributed by atoms with Gasteiger partial charge in [-0.25, -0.2) is 9.18 Å². The zero-order valence-electron chi connectivity index (χ0n) is 21.7. The number of fused-ring (bicyclic) bond motifs is 1. The largest absolute Gasteiger partial charge is 0.491 e. The lowest BCUT2D eigenvalue weighted by molar-refractivity contribution is -0.196. The van der Waals surface area contributed by atoms with Crippen molar-refractivity contribution in [3.05, 3.63) is 36.4 Å². The molecule has 37 heavy (non-hydrogen) atoms. The maximum absolute atomic E-state index is 15.0. The number of aliphatic hydroxyl groups is 1. The molecule has 0 unspecified atom stereocenters. The fraction of sp³-hybridized carbons (Fsp3) is 0.643. The van der Waals surface area contributed by atoms with Gasteiger partial charge in [0.1, 0.15) is 11.9 Å². The van der Waals surface area contributed by atoms with E-state index in [9.17, 15) is 19.7 Å². The van der Waals surface area contributed by atoms with Crippen LogP contribution in [-0.4, -0.2) is 54.0 Å². The minimum absolute atomic E-state index is 0.00102. The molecule has 0 radical (unpaired) electrons. The summed E-state index contributed by atoms with van der Waals surface area (Å²) >= 11 is 0. The Labute approximate surface area is 217 Å². The normalized spacial score (nSPS) is 40.9. The number of alkyl halides is 1. The molecule has 1 aromatic carbocycles. The first kappa shape index (κ1) is 26.4. The number of carbonyl (C=O) groups excluding carboxylic acids is 2. The fourth-order valence-electron chi connectivity index (χ4n) is 7.56. The van der Waals surface area contributed by atoms with Gasteiger partial charge >= 0.3 is 13.1 Å². The Balaban J connectivity index is 1.42. The highest BCUT2D eigenvalue weighted by Crippen LogP contribution is 2.66. The van der Waals surface area contributed by atoms with Crippen LogP contribution in [0, 0.1) is 28.1 Å². The minimum Gasteiger partial charge on any atom is -0.482 e. The Bertz CT molecular complexity index is 1110. The molecule has 200 valence electrons. The number of Topliss-reactive ketones (excluding diaryl/α,β-unsaturated/α-hetero) is 1. The summed E-state index contributed by atoms with van der Waals surface area (Å²) < 4.78 is 32.0. The molecule has 0 amide bonds. The van der Waals surface area contributed by atoms with Crippen LogP contribution < -0.4 is 10.2 Å². The topological polar surface area (TPSA) is 102 Å². The zero-order valence-corrected chi connectivity index (χ0v) is 21.7. The molecule has 2 N–H and O–H groups in total. The Kier molecular flexibility index (Phi) is 6.57. The van der Waals surface area contributed by atoms with Crippen LogP contribution in [0.3, 0.4) is 0 Å². The van der Waals surface area contributed by atoms with E-state index in [-0.39, 0.29) is 25.4 Å². The molecule has 1 aromatic rings. The average Bonchev–Trinajstić information content (AvgIpc) is 3.35. The predicted octanol–water partition coefficient (Wildman–Crippen LogP) is 2.89. The van der Waals surface area contributed by atoms with Crippen molar-refractivity contribution in [1.82, 2.24) is 0 Å². The number of benzene rings is 1. The van der Waals surface area contributed by atoms with Gasteiger partial charge in [0.05, 0.1) is 12.7 Å². The van der Waals surface area contributed by atoms with E-state index in [4.69, 9.17) is 14.1 Å². The summed E-state index contributed by atoms with van der Waals surface area (Å²) in [6.07, 6.45) is 0.630. The molecule has 5 rings (SSSR count). The van der Waals surface area contributed by atoms with E-state index in [1.807, 2.05) is 20.8 Å². The van der Waals surface area contributed by atoms with Gasteiger partial charge in [0.2, 0.25) is 0 Å². The van der Waals surface area contributed by atoms with Gasteiger partial charge in [-0.2, -0.15) is 0 Å². The molecule has 2 bridgehead atoms. The molecular formula is C28H36BFO7. The molecule has 1 aliphatic heterocycles. The van der Waals surface area contributed by atoms with Crippen LogP contribution in [0.5, 0.6) is 5.75 Å². The highest BCUT2D eigenvalue weighted by atomic mass is 19.1. The summed E-state index contributed by atoms with van der Waals surface area (Å²) in [4.78, 5) is 26.4. The SMILES string of the molecule is C=C[C@]1(C)C[C@@H](OC(=O)COc2ccc3c(c2)B(O)OC3)[C@]2(C)[C@H](C)CC[C@]3(C[C@H](F)C(=O)[C@H]32)C[C@@H]1O. The lowest BCUT2D eigenvalue weighted by Gasteiger charge is -2.59. The summed E-state index contributed by atoms with van der Waals surface area (Å²) in [6, 6.07) is 5.12. The third-order valence-corrected chi connectivity index (χ3v) is 10.1. The Morgan fingerprint density at radius 2 is 2.08 bits per heavy atom. The van der Waals surface area contributed by atoms with Gasteiger partial charge in [-0.3, -0.25) is 4.79 Å². The quantitative estimate of drug-likeness (QED) is 0.354. The number of hydrogen-bond donors (Lipinski definition) is 2. The molecule has 3 aliphatic carbocycles. The molecule has 3 fully saturated rings. The molecule has 0 saturated heterocycles. The Morgan fingerprint density at radius 3 is 2.81 bits per heavy atom. The first-order chi connectivity index (χ1) is 17.4. The second-order valence-corrected chi connectivity index (χ2v) is 12.1. The number of esters is 1. The molecule has 8 atom stereocenters. The molecule has 9 heteroatoms. The van der Waals surface area contributed by atoms with Gasteiger partial charge in [0.15, 0.2) is 18.6 Å². The molecule has 0 aromatic heterocycles. The van der Waals surface area contributed by atoms with Crippen LogP contribution in [0.25, 0.3) is 0 Å². The second kappa shape index (κ2) is 9.21. The highest BCUT2D eigenvalue weighted by Gasteiger charge is 2.68. The molecule has 4 aliphatic rings. The predicted molar refractivity (Wildman–Crippen MR) is 135 cm³/mol. The number of ketones is 1. The summed E-state index contributed by atoms with van der Waals surface area (Å²) in [5, 5.41) is 21.3. The standard InChI is InChI=1S/C28H36BFO7/c1-5-26(3)13-22(37-23(32)15-35-18-7-6-17-14-36-29(34)19(17)10-18)27(4)16(2)8-9-28(12-21(26)31)11-20(30)24(33)25(27)28/h5-7,10,16,20-22,25,31,34H,1,8-9,11-15H2,2-4H3/t16-,20+,21+,22-,25+,26-,27+,28+/m1/s1. The summed E-state index contributed by atoms with van der Waals surface area (Å²) in [5.41, 5.74) is -0.798. The van der Waals surface area contributed by atoms with E-state index in [0.29, 0.717) is 30.7 Å². The van der Waals surface area contributed by atoms with E-state index in [0.717, 1.165) is 12.0 Å². The van der Waals surface area contributed by atoms with Crippen LogP contribution in [0.15, 0.2) is 30.9 Å². The van der Waals surface area contributed by atoms with Crippen molar-refractivity contribution in [3.8, 4) is 5.75 Å². The molecule has 7 nitrogen and oxygen atoms in total. The molecular weight excluding hydrogens is 478 g/mol. The van der Waals surface area contributed by atoms with Gasteiger partial charge in [-0.1, -0.05) is 32.9 Å². The average molecular weight is 514 g/mol. The maximum atomic E-state index is 15.0. The monoisotopic (exact) mass is 514 g/mol. The van der Waals surface area contributed by atoms with Crippen molar-refractivity contribution in [2.75, 3.05) is 6.61 Å². The highest BCUT2D eigenvalue weighted by molar-refractivity contribution is 6.61. The zero-order chi connectivity index (χ0) is 26.8. The lowest BCUT2D eigenvalue weighted by Crippen LogP contribution is -2.60. The fourth-order valence-corrected chi connectivity index (χ4v) is 7.56. The third-order valence-electron chi connectivity index (χ3n) is 10.1. The molecule has 3 saturated carbocycles. The van der Waals surface area contributed by atoms with E-state index in [2.05, 4.69) is 6.58 Å². The van der Waals surface area contributed by atoms with Gasteiger partial charge in [0, 0.05) is 16.7 Å². The van der Waals surface area contributed by atoms with Gasteiger partial charge in [-0.05, 0) is 66.6 Å². The Morgan fingerprint density at radius 1 is 1.32 bits per heavy atom. The third kappa shape index (κ3) is 4.14. The van der Waals surface area contributed by atoms with Crippen molar-refractivity contribution >= 4 is 24.3 Å². The van der Waals surface area contributed by atoms with E-state index >= 15 is 4.39 Å². The maximum Gasteiger partial charge on any atom is 0.491 e. The number of halogens is 1. The minimum atomic E-state index is -1.58. The van der Waals surface area contributed by atoms with Crippen LogP contribution in [0.1, 0.15) is 58.4 Å². The smallest absolute Gasteiger partial charge is 0.482 e. The van der Waals surface area contributed by atoms with Crippen LogP contribution >= 0.6 is 0 Å². The first-order valence-electron chi connectivity index (χ1n) is 13.2. The first-order valence-corrected chi connectivity index (χ1v) is 13.2. The van der Waals surface area contributed by atoms with E-state index < -0.39 is 59.4 Å². The Hall–Kier alpha value is -2.23. The number of ether oxygens (including phenoxy) is 2. The van der Waals surface area contributed by atoms with E-state index in [1.54, 1.807) is 24.3 Å². The molecule has 0 spiro atoms. The van der Waals surface area contributed by atoms with Crippen molar-refractivity contribution in [3.63, 3.8) is 0 Å². The van der Waals surface area contributed by atoms with Crippen molar-refractivity contribution in [2.45, 2.75) is 77.9 Å². The van der Waals surface area contributed by atoms with Crippen molar-refractivity contribution in [1.29, 1.82) is 0 Å². The van der Waals surface area contributed by atoms with Gasteiger partial charge in [-0.15, -0.1) is 6.58 Å². The van der Waals surface area contributed by atoms with Crippen LogP contribution in [0.2, 0.25) is 0 Å². The number of hydrogen-bond acceptors (Lipinski definition) is 7. The summed E-state index contributed by atoms with van der Waals surface area (Å²) in [5.74, 6) is -1.29. The van der Waals surface area contributed by atoms with Crippen LogP contribution in [0.4, 0.5) is 4.39 Å². The van der Waals surface area contributed by atoms with Gasteiger partial charge < -0.3 is 24.3 Å². The number of rotatable bonds is 5. The van der Waals surface area contributed by atoms with Gasteiger partial charge in [0.25, 0.3) is 0 Å². The lowest BCUT2D eigenvalue weighted by atomic mass is 9.46. The summed E-state index contributed by atoms with van der Waals surface area (Å²) in [6.45, 7) is 9.77. The molecule has 1 heterocycles. The number of aliphatic hydroxyl groups excluding tert-OH is 1. The summed E-state index contributed by atoms with van der Waals surface area (Å²) in [7, 11) is -1.03. The second-order valence-electron chi connectivity index (χ2n) is 12.1. The van der Waals surface area contributed by atoms with Crippen molar-refractivity contribution in [2.24, 2.45) is 28.1 Å². The van der Waals surface area contributed by atoms with Crippen molar-refractivity contribution < 1.29 is 38.2 Å². The van der Waals surface area contributed by atoms with E-state index in [1.165, 1.54) is 0 Å². The van der Waals surface area contributed by atoms with Crippen LogP contribution in [-0.2, 0) is 25.6 Å².